The maximum absolute atomic E-state index is 12.5. The molecule has 6 heteroatoms. The Morgan fingerprint density at radius 2 is 2.13 bits per heavy atom. The van der Waals surface area contributed by atoms with Crippen molar-refractivity contribution in [1.29, 1.82) is 0 Å². The molecule has 1 saturated heterocycles. The summed E-state index contributed by atoms with van der Waals surface area (Å²) in [5.41, 5.74) is 0. The minimum Gasteiger partial charge on any atom is -0.390 e. The van der Waals surface area contributed by atoms with Crippen molar-refractivity contribution < 1.29 is 14.6 Å². The Balaban J connectivity index is 1.58. The third-order valence-electron chi connectivity index (χ3n) is 4.04. The van der Waals surface area contributed by atoms with E-state index in [0.29, 0.717) is 31.2 Å². The average Bonchev–Trinajstić information content (AvgIpc) is 2.98. The molecule has 5 nitrogen and oxygen atoms in total. The number of β-amino-alcohol motifs (C(OH)–C–C–N with tert-alkyl or cyclic N) is 1. The molecule has 3 rings (SSSR count). The van der Waals surface area contributed by atoms with Gasteiger partial charge in [0.05, 0.1) is 24.2 Å². The predicted octanol–water partition coefficient (Wildman–Crippen LogP) is 1.67. The molecule has 1 atom stereocenters. The lowest BCUT2D eigenvalue weighted by Gasteiger charge is -2.30. The van der Waals surface area contributed by atoms with Gasteiger partial charge < -0.3 is 14.7 Å². The number of hydrogen-bond donors (Lipinski definition) is 1. The van der Waals surface area contributed by atoms with E-state index in [-0.39, 0.29) is 5.91 Å². The van der Waals surface area contributed by atoms with Gasteiger partial charge in [-0.1, -0.05) is 18.2 Å². The zero-order chi connectivity index (χ0) is 16.2. The van der Waals surface area contributed by atoms with Gasteiger partial charge in [0.15, 0.2) is 0 Å². The van der Waals surface area contributed by atoms with Crippen molar-refractivity contribution >= 4 is 27.3 Å². The van der Waals surface area contributed by atoms with Crippen molar-refractivity contribution in [3.05, 3.63) is 35.2 Å². The van der Waals surface area contributed by atoms with Gasteiger partial charge in [0.2, 0.25) is 0 Å². The molecule has 0 spiro atoms. The van der Waals surface area contributed by atoms with Crippen molar-refractivity contribution in [2.24, 2.45) is 0 Å². The number of nitrogens with zero attached hydrogens (tertiary/aromatic N) is 2. The van der Waals surface area contributed by atoms with E-state index in [1.807, 2.05) is 30.3 Å². The highest BCUT2D eigenvalue weighted by Gasteiger charge is 2.20. The average molecular weight is 334 g/mol. The predicted molar refractivity (Wildman–Crippen MR) is 92.1 cm³/mol. The molecule has 0 aliphatic carbocycles. The Morgan fingerprint density at radius 1 is 1.39 bits per heavy atom. The molecule has 124 valence electrons. The van der Waals surface area contributed by atoms with Crippen LogP contribution in [0.2, 0.25) is 0 Å². The van der Waals surface area contributed by atoms with Crippen LogP contribution < -0.4 is 0 Å². The number of benzene rings is 1. The summed E-state index contributed by atoms with van der Waals surface area (Å²) in [5.74, 6) is -0.0350. The number of morpholine rings is 1. The maximum Gasteiger partial charge on any atom is 0.263 e. The second kappa shape index (κ2) is 7.40. The second-order valence-electron chi connectivity index (χ2n) is 5.90. The van der Waals surface area contributed by atoms with Crippen LogP contribution in [0.25, 0.3) is 10.1 Å². The van der Waals surface area contributed by atoms with Crippen LogP contribution in [0.1, 0.15) is 9.67 Å². The minimum absolute atomic E-state index is 0.0350. The topological polar surface area (TPSA) is 53.0 Å². The minimum atomic E-state index is -0.545. The molecule has 0 bridgehead atoms. The summed E-state index contributed by atoms with van der Waals surface area (Å²) in [6.45, 7) is 4.01. The third-order valence-corrected chi connectivity index (χ3v) is 5.14. The van der Waals surface area contributed by atoms with Crippen LogP contribution in [0.3, 0.4) is 0 Å². The van der Waals surface area contributed by atoms with E-state index in [0.717, 1.165) is 23.2 Å². The molecule has 23 heavy (non-hydrogen) atoms. The highest BCUT2D eigenvalue weighted by molar-refractivity contribution is 7.20. The zero-order valence-corrected chi connectivity index (χ0v) is 14.1. The molecule has 1 fully saturated rings. The highest BCUT2D eigenvalue weighted by atomic mass is 32.1. The van der Waals surface area contributed by atoms with Gasteiger partial charge in [0.25, 0.3) is 5.91 Å². The number of likely N-dealkylation sites (N-methyl/N-ethyl adjacent to an activating group) is 1. The van der Waals surface area contributed by atoms with Crippen LogP contribution in [0.5, 0.6) is 0 Å². The van der Waals surface area contributed by atoms with E-state index >= 15 is 0 Å². The Labute approximate surface area is 140 Å². The van der Waals surface area contributed by atoms with Crippen LogP contribution in [0.4, 0.5) is 0 Å². The summed E-state index contributed by atoms with van der Waals surface area (Å²) in [6, 6.07) is 9.90. The molecule has 1 amide bonds. The second-order valence-corrected chi connectivity index (χ2v) is 6.98. The Morgan fingerprint density at radius 3 is 2.87 bits per heavy atom. The van der Waals surface area contributed by atoms with Gasteiger partial charge in [-0.15, -0.1) is 11.3 Å². The molecule has 1 aromatic carbocycles. The first-order valence-corrected chi connectivity index (χ1v) is 8.67. The number of carbonyl (C=O) groups is 1. The summed E-state index contributed by atoms with van der Waals surface area (Å²) in [4.78, 5) is 17.0. The number of aliphatic hydroxyl groups is 1. The van der Waals surface area contributed by atoms with Crippen molar-refractivity contribution in [2.75, 3.05) is 46.4 Å². The molecular weight excluding hydrogens is 312 g/mol. The van der Waals surface area contributed by atoms with Crippen LogP contribution in [0.15, 0.2) is 30.3 Å². The summed E-state index contributed by atoms with van der Waals surface area (Å²) in [6.07, 6.45) is -0.545. The smallest absolute Gasteiger partial charge is 0.263 e. The SMILES string of the molecule is CN(CC(O)CN1CCOCC1)C(=O)c1cc2ccccc2s1. The Hall–Kier alpha value is -1.47. The lowest BCUT2D eigenvalue weighted by molar-refractivity contribution is 0.00883. The molecule has 1 aromatic heterocycles. The molecule has 2 aromatic rings. The van der Waals surface area contributed by atoms with E-state index in [1.165, 1.54) is 11.3 Å². The van der Waals surface area contributed by atoms with Gasteiger partial charge in [-0.25, -0.2) is 0 Å². The number of ether oxygens (including phenoxy) is 1. The van der Waals surface area contributed by atoms with Gasteiger partial charge >= 0.3 is 0 Å². The van der Waals surface area contributed by atoms with Crippen LogP contribution in [0, 0.1) is 0 Å². The third kappa shape index (κ3) is 4.09. The first kappa shape index (κ1) is 16.4. The van der Waals surface area contributed by atoms with Crippen LogP contribution in [-0.4, -0.2) is 73.4 Å². The number of fused-ring (bicyclic) bond motifs is 1. The van der Waals surface area contributed by atoms with Gasteiger partial charge in [0.1, 0.15) is 0 Å². The first-order valence-electron chi connectivity index (χ1n) is 7.85. The highest BCUT2D eigenvalue weighted by Crippen LogP contribution is 2.26. The lowest BCUT2D eigenvalue weighted by Crippen LogP contribution is -2.44. The molecule has 1 unspecified atom stereocenters. The van der Waals surface area contributed by atoms with Crippen molar-refractivity contribution in [1.82, 2.24) is 9.80 Å². The van der Waals surface area contributed by atoms with Crippen LogP contribution >= 0.6 is 11.3 Å². The van der Waals surface area contributed by atoms with Gasteiger partial charge in [-0.05, 0) is 17.5 Å². The molecule has 1 N–H and O–H groups in total. The normalized spacial score (nSPS) is 17.3. The van der Waals surface area contributed by atoms with Crippen molar-refractivity contribution in [3.63, 3.8) is 0 Å². The lowest BCUT2D eigenvalue weighted by atomic mass is 10.2. The first-order chi connectivity index (χ1) is 11.1. The van der Waals surface area contributed by atoms with Gasteiger partial charge in [-0.3, -0.25) is 9.69 Å². The summed E-state index contributed by atoms with van der Waals surface area (Å²) in [7, 11) is 1.75. The quantitative estimate of drug-likeness (QED) is 0.904. The largest absolute Gasteiger partial charge is 0.390 e. The van der Waals surface area contributed by atoms with E-state index < -0.39 is 6.10 Å². The van der Waals surface area contributed by atoms with E-state index in [9.17, 15) is 9.90 Å². The molecule has 2 heterocycles. The maximum atomic E-state index is 12.5. The number of aliphatic hydroxyl groups excluding tert-OH is 1. The fourth-order valence-electron chi connectivity index (χ4n) is 2.81. The fraction of sp³-hybridized carbons (Fsp3) is 0.471. The zero-order valence-electron chi connectivity index (χ0n) is 13.3. The molecule has 1 aliphatic heterocycles. The monoisotopic (exact) mass is 334 g/mol. The summed E-state index contributed by atoms with van der Waals surface area (Å²) < 4.78 is 6.41. The molecule has 1 aliphatic rings. The molecule has 0 saturated carbocycles. The van der Waals surface area contributed by atoms with Gasteiger partial charge in [0, 0.05) is 37.9 Å². The van der Waals surface area contributed by atoms with E-state index in [4.69, 9.17) is 4.74 Å². The van der Waals surface area contributed by atoms with E-state index in [1.54, 1.807) is 11.9 Å². The summed E-state index contributed by atoms with van der Waals surface area (Å²) in [5, 5.41) is 11.3. The summed E-state index contributed by atoms with van der Waals surface area (Å²) >= 11 is 1.50. The van der Waals surface area contributed by atoms with Crippen LogP contribution in [-0.2, 0) is 4.74 Å². The number of amides is 1. The molecular formula is C17H22N2O3S. The van der Waals surface area contributed by atoms with Crippen molar-refractivity contribution in [3.8, 4) is 0 Å². The Bertz CT molecular complexity index is 634. The number of carbonyl (C=O) groups excluding carboxylic acids is 1. The Kier molecular flexibility index (Phi) is 5.27. The van der Waals surface area contributed by atoms with Crippen molar-refractivity contribution in [2.45, 2.75) is 6.10 Å². The standard InChI is InChI=1S/C17H22N2O3S/c1-18(11-14(20)12-19-6-8-22-9-7-19)17(21)16-10-13-4-2-3-5-15(13)23-16/h2-5,10,14,20H,6-9,11-12H2,1H3. The fourth-order valence-corrected chi connectivity index (χ4v) is 3.87. The number of hydrogen-bond acceptors (Lipinski definition) is 5. The number of thiophene rings is 1. The van der Waals surface area contributed by atoms with E-state index in [2.05, 4.69) is 4.90 Å². The van der Waals surface area contributed by atoms with Gasteiger partial charge in [-0.2, -0.15) is 0 Å². The molecule has 0 radical (unpaired) electrons. The number of rotatable bonds is 5.